The fourth-order valence-electron chi connectivity index (χ4n) is 3.18. The molecular formula is C22H28N2O8S2. The molecule has 0 spiro atoms. The number of benzene rings is 1. The molecule has 0 saturated carbocycles. The molecule has 0 aliphatic carbocycles. The highest BCUT2D eigenvalue weighted by molar-refractivity contribution is 8.76. The van der Waals surface area contributed by atoms with E-state index in [4.69, 9.17) is 9.47 Å². The minimum atomic E-state index is -1.58. The highest BCUT2D eigenvalue weighted by Crippen LogP contribution is 2.31. The van der Waals surface area contributed by atoms with Gasteiger partial charge in [-0.2, -0.15) is 0 Å². The predicted molar refractivity (Wildman–Crippen MR) is 126 cm³/mol. The van der Waals surface area contributed by atoms with E-state index in [1.165, 1.54) is 22.9 Å². The fourth-order valence-corrected chi connectivity index (χ4v) is 5.04. The molecule has 186 valence electrons. The van der Waals surface area contributed by atoms with E-state index < -0.39 is 37.3 Å². The zero-order chi connectivity index (χ0) is 24.5. The van der Waals surface area contributed by atoms with E-state index in [2.05, 4.69) is 10.3 Å². The van der Waals surface area contributed by atoms with Crippen molar-refractivity contribution in [3.8, 4) is 11.5 Å². The summed E-state index contributed by atoms with van der Waals surface area (Å²) in [5.41, 5.74) is 0.749. The molecule has 2 heterocycles. The lowest BCUT2D eigenvalue weighted by molar-refractivity contribution is -0.277. The van der Waals surface area contributed by atoms with Crippen molar-refractivity contribution >= 4 is 27.5 Å². The number of carbonyl (C=O) groups is 1. The number of rotatable bonds is 11. The first-order chi connectivity index (χ1) is 16.4. The monoisotopic (exact) mass is 512 g/mol. The number of nitrogens with one attached hydrogen (secondary N) is 1. The van der Waals surface area contributed by atoms with Crippen LogP contribution < -0.4 is 10.1 Å². The fraction of sp³-hybridized carbons (Fsp3) is 0.455. The van der Waals surface area contributed by atoms with E-state index in [9.17, 15) is 30.3 Å². The molecule has 1 aliphatic rings. The first-order valence-electron chi connectivity index (χ1n) is 10.7. The van der Waals surface area contributed by atoms with E-state index >= 15 is 0 Å². The molecule has 1 aromatic heterocycles. The third-order valence-corrected chi connectivity index (χ3v) is 7.31. The second-order valence-electron chi connectivity index (χ2n) is 7.54. The van der Waals surface area contributed by atoms with Crippen LogP contribution in [0.25, 0.3) is 0 Å². The van der Waals surface area contributed by atoms with Crippen molar-refractivity contribution < 1.29 is 39.8 Å². The van der Waals surface area contributed by atoms with Crippen molar-refractivity contribution in [2.24, 2.45) is 0 Å². The molecule has 34 heavy (non-hydrogen) atoms. The molecule has 0 radical (unpaired) electrons. The summed E-state index contributed by atoms with van der Waals surface area (Å²) in [5.74, 6) is 0.363. The number of aliphatic hydroxyl groups is 4. The summed E-state index contributed by atoms with van der Waals surface area (Å²) in [6.45, 7) is -0.188. The molecule has 10 nitrogen and oxygen atoms in total. The maximum Gasteiger partial charge on any atom is 0.229 e. The van der Waals surface area contributed by atoms with Gasteiger partial charge in [-0.1, -0.05) is 22.9 Å². The first-order valence-corrected chi connectivity index (χ1v) is 13.0. The molecule has 1 fully saturated rings. The number of hydrogen-bond donors (Lipinski definition) is 6. The van der Waals surface area contributed by atoms with Crippen LogP contribution in [0, 0.1) is 0 Å². The topological polar surface area (TPSA) is 162 Å². The number of pyridine rings is 1. The summed E-state index contributed by atoms with van der Waals surface area (Å²) in [7, 11) is 3.08. The maximum atomic E-state index is 12.0. The second-order valence-corrected chi connectivity index (χ2v) is 9.98. The number of carbonyl (C=O) groups excluding carboxylic acids is 1. The molecule has 0 unspecified atom stereocenters. The molecule has 1 saturated heterocycles. The highest BCUT2D eigenvalue weighted by Gasteiger charge is 2.44. The number of aromatic hydroxyl groups is 1. The van der Waals surface area contributed by atoms with E-state index in [0.29, 0.717) is 25.1 Å². The number of nitrogens with zero attached hydrogens (tertiary/aromatic N) is 1. The van der Waals surface area contributed by atoms with Crippen molar-refractivity contribution in [2.75, 3.05) is 18.9 Å². The van der Waals surface area contributed by atoms with Gasteiger partial charge in [0.25, 0.3) is 0 Å². The lowest BCUT2D eigenvalue weighted by atomic mass is 9.99. The Morgan fingerprint density at radius 2 is 1.97 bits per heavy atom. The predicted octanol–water partition coefficient (Wildman–Crippen LogP) is 0.455. The molecule has 1 aromatic carbocycles. The number of hydrogen-bond acceptors (Lipinski definition) is 11. The smallest absolute Gasteiger partial charge is 0.229 e. The lowest BCUT2D eigenvalue weighted by Gasteiger charge is -2.39. The van der Waals surface area contributed by atoms with E-state index in [0.717, 1.165) is 10.6 Å². The van der Waals surface area contributed by atoms with Gasteiger partial charge in [-0.05, 0) is 47.0 Å². The average Bonchev–Trinajstić information content (AvgIpc) is 2.84. The molecule has 1 aliphatic heterocycles. The van der Waals surface area contributed by atoms with E-state index in [1.807, 2.05) is 18.2 Å². The van der Waals surface area contributed by atoms with Crippen LogP contribution in [0.2, 0.25) is 0 Å². The Labute approximate surface area is 204 Å². The molecular weight excluding hydrogens is 484 g/mol. The molecule has 0 bridgehead atoms. The summed E-state index contributed by atoms with van der Waals surface area (Å²) in [6, 6.07) is 10.3. The number of amides is 1. The van der Waals surface area contributed by atoms with Crippen molar-refractivity contribution in [3.05, 3.63) is 48.2 Å². The van der Waals surface area contributed by atoms with Crippen LogP contribution in [0.4, 0.5) is 0 Å². The zero-order valence-electron chi connectivity index (χ0n) is 18.2. The van der Waals surface area contributed by atoms with Crippen LogP contribution in [-0.2, 0) is 16.0 Å². The Kier molecular flexibility index (Phi) is 10.3. The van der Waals surface area contributed by atoms with Crippen LogP contribution in [0.15, 0.2) is 47.6 Å². The minimum absolute atomic E-state index is 0.000421. The Balaban J connectivity index is 1.40. The largest absolute Gasteiger partial charge is 0.504 e. The van der Waals surface area contributed by atoms with Crippen LogP contribution in [0.3, 0.4) is 0 Å². The van der Waals surface area contributed by atoms with E-state index in [-0.39, 0.29) is 17.4 Å². The van der Waals surface area contributed by atoms with Gasteiger partial charge < -0.3 is 40.3 Å². The van der Waals surface area contributed by atoms with Crippen molar-refractivity contribution in [1.29, 1.82) is 0 Å². The number of aromatic nitrogens is 1. The summed E-state index contributed by atoms with van der Waals surface area (Å²) >= 11 is 0. The highest BCUT2D eigenvalue weighted by atomic mass is 33.1. The second kappa shape index (κ2) is 13.1. The van der Waals surface area contributed by atoms with E-state index in [1.54, 1.807) is 23.1 Å². The molecule has 6 N–H and O–H groups in total. The molecule has 12 heteroatoms. The molecule has 1 amide bonds. The number of phenolic OH excluding ortho intramolecular Hbond substituents is 1. The Bertz CT molecular complexity index is 921. The van der Waals surface area contributed by atoms with Gasteiger partial charge in [0.1, 0.15) is 29.4 Å². The Morgan fingerprint density at radius 3 is 2.68 bits per heavy atom. The van der Waals surface area contributed by atoms with Crippen LogP contribution >= 0.6 is 21.6 Å². The van der Waals surface area contributed by atoms with Crippen molar-refractivity contribution in [2.45, 2.75) is 48.6 Å². The summed E-state index contributed by atoms with van der Waals surface area (Å²) in [4.78, 5) is 16.2. The van der Waals surface area contributed by atoms with Crippen LogP contribution in [0.1, 0.15) is 12.0 Å². The van der Waals surface area contributed by atoms with Gasteiger partial charge in [0.2, 0.25) is 12.2 Å². The normalized spacial score (nSPS) is 24.5. The van der Waals surface area contributed by atoms with Gasteiger partial charge in [0.15, 0.2) is 11.5 Å². The number of aliphatic hydroxyl groups excluding tert-OH is 4. The van der Waals surface area contributed by atoms with Gasteiger partial charge in [-0.25, -0.2) is 4.98 Å². The SMILES string of the molecule is O=C(CCSSc1ccccn1)NCCc1ccc(O[C@@H]2O[C@H](CO)[C@H](O)[C@H](O)[C@H]2O)c(O)c1. The van der Waals surface area contributed by atoms with Crippen molar-refractivity contribution in [1.82, 2.24) is 10.3 Å². The van der Waals surface area contributed by atoms with Gasteiger partial charge in [0.05, 0.1) is 6.61 Å². The van der Waals surface area contributed by atoms with Crippen molar-refractivity contribution in [3.63, 3.8) is 0 Å². The summed E-state index contributed by atoms with van der Waals surface area (Å²) in [6.07, 6.45) is -4.57. The Morgan fingerprint density at radius 1 is 1.15 bits per heavy atom. The molecule has 3 rings (SSSR count). The van der Waals surface area contributed by atoms with Crippen LogP contribution in [-0.4, -0.2) is 86.0 Å². The van der Waals surface area contributed by atoms with Gasteiger partial charge in [0, 0.05) is 24.9 Å². The van der Waals surface area contributed by atoms with Gasteiger partial charge in [-0.3, -0.25) is 4.79 Å². The Hall–Kier alpha value is -2.06. The lowest BCUT2D eigenvalue weighted by Crippen LogP contribution is -2.60. The quantitative estimate of drug-likeness (QED) is 0.183. The molecule has 2 aromatic rings. The number of ether oxygens (including phenoxy) is 2. The third-order valence-electron chi connectivity index (χ3n) is 5.05. The summed E-state index contributed by atoms with van der Waals surface area (Å²) in [5, 5.41) is 53.0. The third kappa shape index (κ3) is 7.47. The first kappa shape index (κ1) is 26.5. The standard InChI is InChI=1S/C22H28N2O8S2/c25-12-16-19(28)20(29)21(30)22(32-16)31-15-5-4-13(11-14(15)26)6-9-23-17(27)7-10-33-34-18-3-1-2-8-24-18/h1-5,8,11,16,19-22,25-26,28-30H,6-7,9-10,12H2,(H,23,27)/t16-,19+,20+,21-,22-/m1/s1. The zero-order valence-corrected chi connectivity index (χ0v) is 19.8. The van der Waals surface area contributed by atoms with Gasteiger partial charge in [-0.15, -0.1) is 0 Å². The average molecular weight is 513 g/mol. The molecule has 5 atom stereocenters. The number of phenols is 1. The maximum absolute atomic E-state index is 12.0. The van der Waals surface area contributed by atoms with Crippen LogP contribution in [0.5, 0.6) is 11.5 Å². The van der Waals surface area contributed by atoms with Gasteiger partial charge >= 0.3 is 0 Å². The summed E-state index contributed by atoms with van der Waals surface area (Å²) < 4.78 is 10.7. The minimum Gasteiger partial charge on any atom is -0.504 e.